The predicted molar refractivity (Wildman–Crippen MR) is 81.6 cm³/mol. The number of rotatable bonds is 7. The second-order valence-corrected chi connectivity index (χ2v) is 5.04. The third kappa shape index (κ3) is 4.57. The molecule has 2 aromatic rings. The number of carbonyl (C=O) groups excluding carboxylic acids is 1. The van der Waals surface area contributed by atoms with E-state index in [1.165, 1.54) is 19.2 Å². The van der Waals surface area contributed by atoms with Crippen LogP contribution in [0, 0.1) is 6.92 Å². The van der Waals surface area contributed by atoms with Gasteiger partial charge in [0, 0.05) is 12.6 Å². The molecule has 7 nitrogen and oxygen atoms in total. The van der Waals surface area contributed by atoms with Gasteiger partial charge in [-0.15, -0.1) is 0 Å². The third-order valence-corrected chi connectivity index (χ3v) is 3.27. The summed E-state index contributed by atoms with van der Waals surface area (Å²) in [6.07, 6.45) is 0.694. The first-order chi connectivity index (χ1) is 11.0. The van der Waals surface area contributed by atoms with Crippen LogP contribution in [0.15, 0.2) is 28.8 Å². The maximum atomic E-state index is 11.8. The smallest absolute Gasteiger partial charge is 0.335 e. The summed E-state index contributed by atoms with van der Waals surface area (Å²) in [6.45, 7) is 2.18. The van der Waals surface area contributed by atoms with Crippen LogP contribution in [0.25, 0.3) is 0 Å². The number of nitrogens with zero attached hydrogens (tertiary/aromatic N) is 1. The summed E-state index contributed by atoms with van der Waals surface area (Å²) < 4.78 is 10.1. The van der Waals surface area contributed by atoms with Crippen molar-refractivity contribution in [3.63, 3.8) is 0 Å². The van der Waals surface area contributed by atoms with Gasteiger partial charge in [0.25, 0.3) is 0 Å². The number of amides is 1. The van der Waals surface area contributed by atoms with Gasteiger partial charge in [-0.3, -0.25) is 4.79 Å². The Morgan fingerprint density at radius 3 is 2.74 bits per heavy atom. The molecule has 7 heteroatoms. The number of carboxylic acids is 1. The van der Waals surface area contributed by atoms with Gasteiger partial charge in [-0.1, -0.05) is 11.2 Å². The monoisotopic (exact) mass is 318 g/mol. The number of ether oxygens (including phenoxy) is 1. The number of aromatic nitrogens is 1. The molecular weight excluding hydrogens is 300 g/mol. The van der Waals surface area contributed by atoms with Crippen LogP contribution >= 0.6 is 0 Å². The number of hydrogen-bond donors (Lipinski definition) is 2. The van der Waals surface area contributed by atoms with Crippen LogP contribution in [0.2, 0.25) is 0 Å². The molecule has 122 valence electrons. The van der Waals surface area contributed by atoms with Crippen LogP contribution in [-0.2, 0) is 17.6 Å². The van der Waals surface area contributed by atoms with Crippen molar-refractivity contribution >= 4 is 11.9 Å². The van der Waals surface area contributed by atoms with E-state index >= 15 is 0 Å². The molecule has 0 saturated carbocycles. The van der Waals surface area contributed by atoms with Crippen LogP contribution in [0.1, 0.15) is 27.4 Å². The fourth-order valence-electron chi connectivity index (χ4n) is 2.15. The molecule has 1 aromatic heterocycles. The molecular formula is C16H18N2O5. The summed E-state index contributed by atoms with van der Waals surface area (Å²) >= 11 is 0. The van der Waals surface area contributed by atoms with Gasteiger partial charge in [0.1, 0.15) is 11.5 Å². The normalized spacial score (nSPS) is 10.3. The molecule has 2 N–H and O–H groups in total. The predicted octanol–water partition coefficient (Wildman–Crippen LogP) is 1.59. The number of benzene rings is 1. The number of methoxy groups -OCH3 is 1. The molecule has 23 heavy (non-hydrogen) atoms. The maximum Gasteiger partial charge on any atom is 0.335 e. The molecule has 1 aromatic carbocycles. The fourth-order valence-corrected chi connectivity index (χ4v) is 2.15. The Hall–Kier alpha value is -2.83. The SMILES string of the molecule is COc1cc(C(=O)O)ccc1CCNC(=O)Cc1cc(C)on1. The zero-order valence-electron chi connectivity index (χ0n) is 13.0. The van der Waals surface area contributed by atoms with Crippen LogP contribution in [-0.4, -0.2) is 35.8 Å². The third-order valence-electron chi connectivity index (χ3n) is 3.27. The maximum absolute atomic E-state index is 11.8. The largest absolute Gasteiger partial charge is 0.496 e. The second-order valence-electron chi connectivity index (χ2n) is 5.04. The van der Waals surface area contributed by atoms with Gasteiger partial charge in [0.15, 0.2) is 0 Å². The van der Waals surface area contributed by atoms with Gasteiger partial charge in [0.05, 0.1) is 24.8 Å². The minimum Gasteiger partial charge on any atom is -0.496 e. The first kappa shape index (κ1) is 16.5. The summed E-state index contributed by atoms with van der Waals surface area (Å²) in [5.41, 5.74) is 1.58. The summed E-state index contributed by atoms with van der Waals surface area (Å²) in [6, 6.07) is 6.39. The summed E-state index contributed by atoms with van der Waals surface area (Å²) in [5, 5.41) is 15.5. The molecule has 0 unspecified atom stereocenters. The number of hydrogen-bond acceptors (Lipinski definition) is 5. The summed E-state index contributed by atoms with van der Waals surface area (Å²) in [5.74, 6) is -0.00665. The standard InChI is InChI=1S/C16H18N2O5/c1-10-7-13(18-23-10)9-15(19)17-6-5-11-3-4-12(16(20)21)8-14(11)22-2/h3-4,7-8H,5-6,9H2,1-2H3,(H,17,19)(H,20,21). The molecule has 1 amide bonds. The van der Waals surface area contributed by atoms with Gasteiger partial charge in [-0.25, -0.2) is 4.79 Å². The summed E-state index contributed by atoms with van der Waals surface area (Å²) in [7, 11) is 1.48. The first-order valence-electron chi connectivity index (χ1n) is 7.08. The Morgan fingerprint density at radius 1 is 1.35 bits per heavy atom. The number of nitrogens with one attached hydrogen (secondary N) is 1. The minimum atomic E-state index is -1.01. The highest BCUT2D eigenvalue weighted by atomic mass is 16.5. The fraction of sp³-hybridized carbons (Fsp3) is 0.312. The molecule has 0 aliphatic rings. The average Bonchev–Trinajstić information content (AvgIpc) is 2.92. The Bertz CT molecular complexity index is 708. The van der Waals surface area contributed by atoms with Gasteiger partial charge >= 0.3 is 5.97 Å². The Balaban J connectivity index is 1.88. The van der Waals surface area contributed by atoms with Gasteiger partial charge < -0.3 is 19.7 Å². The van der Waals surface area contributed by atoms with Crippen LogP contribution < -0.4 is 10.1 Å². The van der Waals surface area contributed by atoms with Crippen molar-refractivity contribution in [3.05, 3.63) is 46.8 Å². The highest BCUT2D eigenvalue weighted by Crippen LogP contribution is 2.20. The quantitative estimate of drug-likeness (QED) is 0.804. The first-order valence-corrected chi connectivity index (χ1v) is 7.08. The molecule has 2 rings (SSSR count). The van der Waals surface area contributed by atoms with Crippen molar-refractivity contribution in [2.45, 2.75) is 19.8 Å². The molecule has 0 saturated heterocycles. The van der Waals surface area contributed by atoms with Crippen LogP contribution in [0.3, 0.4) is 0 Å². The van der Waals surface area contributed by atoms with E-state index in [4.69, 9.17) is 14.4 Å². The van der Waals surface area contributed by atoms with Gasteiger partial charge in [0.2, 0.25) is 5.91 Å². The topological polar surface area (TPSA) is 102 Å². The van der Waals surface area contributed by atoms with Gasteiger partial charge in [-0.2, -0.15) is 0 Å². The molecule has 1 heterocycles. The highest BCUT2D eigenvalue weighted by molar-refractivity contribution is 5.88. The van der Waals surface area contributed by atoms with Crippen molar-refractivity contribution in [2.75, 3.05) is 13.7 Å². The van der Waals surface area contributed by atoms with Crippen LogP contribution in [0.5, 0.6) is 5.75 Å². The molecule has 0 bridgehead atoms. The lowest BCUT2D eigenvalue weighted by Crippen LogP contribution is -2.27. The summed E-state index contributed by atoms with van der Waals surface area (Å²) in [4.78, 5) is 22.7. The van der Waals surface area contributed by atoms with Crippen molar-refractivity contribution in [2.24, 2.45) is 0 Å². The lowest BCUT2D eigenvalue weighted by atomic mass is 10.1. The van der Waals surface area contributed by atoms with E-state index in [1.54, 1.807) is 19.1 Å². The van der Waals surface area contributed by atoms with E-state index in [1.807, 2.05) is 0 Å². The van der Waals surface area contributed by atoms with Crippen molar-refractivity contribution in [3.8, 4) is 5.75 Å². The van der Waals surface area contributed by atoms with E-state index in [2.05, 4.69) is 10.5 Å². The van der Waals surface area contributed by atoms with Crippen molar-refractivity contribution < 1.29 is 24.0 Å². The Morgan fingerprint density at radius 2 is 2.13 bits per heavy atom. The number of aromatic carboxylic acids is 1. The number of carboxylic acid groups (broad SMARTS) is 1. The number of aryl methyl sites for hydroxylation is 1. The van der Waals surface area contributed by atoms with E-state index in [0.717, 1.165) is 5.56 Å². The highest BCUT2D eigenvalue weighted by Gasteiger charge is 2.10. The zero-order chi connectivity index (χ0) is 16.8. The van der Waals surface area contributed by atoms with Crippen LogP contribution in [0.4, 0.5) is 0 Å². The van der Waals surface area contributed by atoms with Crippen molar-refractivity contribution in [1.82, 2.24) is 10.5 Å². The average molecular weight is 318 g/mol. The Kier molecular flexibility index (Phi) is 5.35. The Labute approximate surface area is 133 Å². The molecule has 0 aliphatic heterocycles. The minimum absolute atomic E-state index is 0.153. The van der Waals surface area contributed by atoms with Crippen molar-refractivity contribution in [1.29, 1.82) is 0 Å². The lowest BCUT2D eigenvalue weighted by molar-refractivity contribution is -0.120. The molecule has 0 spiro atoms. The molecule has 0 fully saturated rings. The lowest BCUT2D eigenvalue weighted by Gasteiger charge is -2.10. The molecule has 0 atom stereocenters. The number of carbonyl (C=O) groups is 2. The molecule has 0 aliphatic carbocycles. The van der Waals surface area contributed by atoms with Gasteiger partial charge in [-0.05, 0) is 31.0 Å². The second kappa shape index (κ2) is 7.44. The zero-order valence-corrected chi connectivity index (χ0v) is 13.0. The van der Waals surface area contributed by atoms with E-state index < -0.39 is 5.97 Å². The molecule has 0 radical (unpaired) electrons. The van der Waals surface area contributed by atoms with E-state index in [-0.39, 0.29) is 17.9 Å². The van der Waals surface area contributed by atoms with E-state index in [0.29, 0.717) is 30.2 Å². The van der Waals surface area contributed by atoms with E-state index in [9.17, 15) is 9.59 Å².